The molecule has 0 aliphatic heterocycles. The van der Waals surface area contributed by atoms with E-state index in [1.807, 2.05) is 0 Å². The van der Waals surface area contributed by atoms with E-state index in [4.69, 9.17) is 20.9 Å². The molecule has 3 nitrogen and oxygen atoms in total. The van der Waals surface area contributed by atoms with E-state index in [2.05, 4.69) is 6.92 Å². The minimum Gasteiger partial charge on any atom is -0.393 e. The van der Waals surface area contributed by atoms with Crippen molar-refractivity contribution in [2.45, 2.75) is 38.7 Å². The highest BCUT2D eigenvalue weighted by Crippen LogP contribution is 2.47. The van der Waals surface area contributed by atoms with Gasteiger partial charge in [-0.05, 0) is 18.2 Å². The van der Waals surface area contributed by atoms with Crippen molar-refractivity contribution in [2.75, 3.05) is 20.4 Å². The molecular formula is C9H21O3PS. The zero-order valence-corrected chi connectivity index (χ0v) is 10.9. The molecule has 0 rings (SSSR count). The van der Waals surface area contributed by atoms with Gasteiger partial charge in [0.05, 0.1) is 6.10 Å². The molecule has 0 fully saturated rings. The Balaban J connectivity index is 3.79. The highest BCUT2D eigenvalue weighted by Gasteiger charge is 2.20. The van der Waals surface area contributed by atoms with Gasteiger partial charge in [0.15, 0.2) is 6.49 Å². The summed E-state index contributed by atoms with van der Waals surface area (Å²) in [6.07, 6.45) is 4.22. The fourth-order valence-electron chi connectivity index (χ4n) is 1.20. The van der Waals surface area contributed by atoms with Crippen molar-refractivity contribution in [1.29, 1.82) is 0 Å². The van der Waals surface area contributed by atoms with Crippen molar-refractivity contribution in [1.82, 2.24) is 0 Å². The molecule has 0 aromatic heterocycles. The molecule has 1 N–H and O–H groups in total. The van der Waals surface area contributed by atoms with E-state index in [1.165, 1.54) is 0 Å². The van der Waals surface area contributed by atoms with E-state index in [-0.39, 0.29) is 6.10 Å². The molecule has 0 heterocycles. The molecule has 0 radical (unpaired) electrons. The van der Waals surface area contributed by atoms with Crippen LogP contribution in [0.5, 0.6) is 0 Å². The molecule has 0 aromatic carbocycles. The highest BCUT2D eigenvalue weighted by atomic mass is 32.5. The second kappa shape index (κ2) is 7.77. The molecular weight excluding hydrogens is 219 g/mol. The van der Waals surface area contributed by atoms with Crippen molar-refractivity contribution in [3.05, 3.63) is 0 Å². The van der Waals surface area contributed by atoms with Crippen molar-refractivity contribution >= 4 is 18.3 Å². The van der Waals surface area contributed by atoms with E-state index >= 15 is 0 Å². The third kappa shape index (κ3) is 6.10. The standard InChI is InChI=1S/C9H21O3PS/c1-4-5-6-7-9(10)8-13(14,11-2)12-3/h9-10H,4-8H2,1-3H3/t9-/m0/s1. The molecule has 0 saturated heterocycles. The molecule has 0 saturated carbocycles. The minimum atomic E-state index is -2.20. The molecule has 0 unspecified atom stereocenters. The van der Waals surface area contributed by atoms with Gasteiger partial charge in [-0.2, -0.15) is 0 Å². The highest BCUT2D eigenvalue weighted by molar-refractivity contribution is 8.09. The molecule has 0 amide bonds. The third-order valence-electron chi connectivity index (χ3n) is 2.13. The van der Waals surface area contributed by atoms with Crippen LogP contribution in [-0.4, -0.2) is 31.6 Å². The summed E-state index contributed by atoms with van der Waals surface area (Å²) >= 11 is 5.17. The normalized spacial score (nSPS) is 14.3. The van der Waals surface area contributed by atoms with Crippen molar-refractivity contribution in [3.63, 3.8) is 0 Å². The van der Waals surface area contributed by atoms with E-state index in [9.17, 15) is 5.11 Å². The predicted octanol–water partition coefficient (Wildman–Crippen LogP) is 2.53. The lowest BCUT2D eigenvalue weighted by molar-refractivity contribution is 0.176. The Morgan fingerprint density at radius 1 is 1.29 bits per heavy atom. The number of aliphatic hydroxyl groups is 1. The number of hydrogen-bond donors (Lipinski definition) is 1. The lowest BCUT2D eigenvalue weighted by Crippen LogP contribution is -2.13. The second-order valence-electron chi connectivity index (χ2n) is 3.31. The van der Waals surface area contributed by atoms with Gasteiger partial charge in [0.25, 0.3) is 0 Å². The summed E-state index contributed by atoms with van der Waals surface area (Å²) in [7, 11) is 3.09. The van der Waals surface area contributed by atoms with Crippen LogP contribution in [0.15, 0.2) is 0 Å². The zero-order valence-electron chi connectivity index (χ0n) is 9.23. The topological polar surface area (TPSA) is 38.7 Å². The molecule has 0 bridgehead atoms. The van der Waals surface area contributed by atoms with Gasteiger partial charge < -0.3 is 14.2 Å². The largest absolute Gasteiger partial charge is 0.393 e. The summed E-state index contributed by atoms with van der Waals surface area (Å²) in [5.74, 6) is 0. The van der Waals surface area contributed by atoms with E-state index < -0.39 is 6.49 Å². The molecule has 5 heteroatoms. The Morgan fingerprint density at radius 3 is 2.29 bits per heavy atom. The third-order valence-corrected chi connectivity index (χ3v) is 5.45. The van der Waals surface area contributed by atoms with Gasteiger partial charge in [0.1, 0.15) is 0 Å². The summed E-state index contributed by atoms with van der Waals surface area (Å²) < 4.78 is 10.2. The van der Waals surface area contributed by atoms with Crippen LogP contribution in [0.3, 0.4) is 0 Å². The second-order valence-corrected chi connectivity index (χ2v) is 7.29. The van der Waals surface area contributed by atoms with Gasteiger partial charge in [0.2, 0.25) is 0 Å². The van der Waals surface area contributed by atoms with Gasteiger partial charge in [0, 0.05) is 20.4 Å². The Kier molecular flexibility index (Phi) is 8.07. The van der Waals surface area contributed by atoms with Gasteiger partial charge in [-0.1, -0.05) is 26.2 Å². The molecule has 0 aromatic rings. The summed E-state index contributed by atoms with van der Waals surface area (Å²) in [4.78, 5) is 0. The fourth-order valence-corrected chi connectivity index (χ4v) is 2.87. The van der Waals surface area contributed by atoms with Crippen molar-refractivity contribution in [3.8, 4) is 0 Å². The van der Waals surface area contributed by atoms with Crippen molar-refractivity contribution in [2.24, 2.45) is 0 Å². The number of rotatable bonds is 8. The predicted molar refractivity (Wildman–Crippen MR) is 63.3 cm³/mol. The maximum atomic E-state index is 9.67. The summed E-state index contributed by atoms with van der Waals surface area (Å²) in [6, 6.07) is 0. The van der Waals surface area contributed by atoms with Crippen LogP contribution in [0.25, 0.3) is 0 Å². The molecule has 0 aliphatic carbocycles. The molecule has 1 atom stereocenters. The average Bonchev–Trinajstić information content (AvgIpc) is 2.18. The smallest absolute Gasteiger partial charge is 0.190 e. The first-order valence-corrected chi connectivity index (χ1v) is 7.79. The maximum absolute atomic E-state index is 9.67. The number of aliphatic hydroxyl groups excluding tert-OH is 1. The lowest BCUT2D eigenvalue weighted by atomic mass is 10.1. The van der Waals surface area contributed by atoms with Gasteiger partial charge in [-0.3, -0.25) is 0 Å². The first-order chi connectivity index (χ1) is 6.58. The molecule has 86 valence electrons. The van der Waals surface area contributed by atoms with E-state index in [0.717, 1.165) is 25.7 Å². The van der Waals surface area contributed by atoms with E-state index in [0.29, 0.717) is 6.16 Å². The van der Waals surface area contributed by atoms with Crippen LogP contribution in [-0.2, 0) is 20.9 Å². The van der Waals surface area contributed by atoms with E-state index in [1.54, 1.807) is 14.2 Å². The molecule has 14 heavy (non-hydrogen) atoms. The average molecular weight is 240 g/mol. The monoisotopic (exact) mass is 240 g/mol. The SMILES string of the molecule is CCCCC[C@H](O)CP(=S)(OC)OC. The first kappa shape index (κ1) is 14.5. The van der Waals surface area contributed by atoms with Gasteiger partial charge in [-0.25, -0.2) is 0 Å². The Hall–Kier alpha value is 0.530. The molecule has 0 spiro atoms. The molecule has 0 aliphatic rings. The quantitative estimate of drug-likeness (QED) is 0.522. The summed E-state index contributed by atoms with van der Waals surface area (Å²) in [5.41, 5.74) is 0. The van der Waals surface area contributed by atoms with Crippen LogP contribution in [0, 0.1) is 0 Å². The Morgan fingerprint density at radius 2 is 1.86 bits per heavy atom. The van der Waals surface area contributed by atoms with Crippen molar-refractivity contribution < 1.29 is 14.2 Å². The summed E-state index contributed by atoms with van der Waals surface area (Å²) in [5, 5.41) is 9.67. The van der Waals surface area contributed by atoms with Crippen LogP contribution in [0.4, 0.5) is 0 Å². The first-order valence-electron chi connectivity index (χ1n) is 4.96. The van der Waals surface area contributed by atoms with Crippen LogP contribution in [0.2, 0.25) is 0 Å². The number of hydrogen-bond acceptors (Lipinski definition) is 4. The Labute approximate surface area is 92.0 Å². The fraction of sp³-hybridized carbons (Fsp3) is 1.00. The van der Waals surface area contributed by atoms with Gasteiger partial charge >= 0.3 is 0 Å². The van der Waals surface area contributed by atoms with Crippen LogP contribution >= 0.6 is 6.49 Å². The zero-order chi connectivity index (χ0) is 11.0. The lowest BCUT2D eigenvalue weighted by Gasteiger charge is -2.20. The number of unbranched alkanes of at least 4 members (excludes halogenated alkanes) is 2. The van der Waals surface area contributed by atoms with Gasteiger partial charge in [-0.15, -0.1) is 0 Å². The summed E-state index contributed by atoms with van der Waals surface area (Å²) in [6.45, 7) is -0.0626. The Bertz CT molecular complexity index is 179. The van der Waals surface area contributed by atoms with Crippen LogP contribution in [0.1, 0.15) is 32.6 Å². The maximum Gasteiger partial charge on any atom is 0.190 e. The minimum absolute atomic E-state index is 0.382. The van der Waals surface area contributed by atoms with Crippen LogP contribution < -0.4 is 0 Å².